The average molecular weight is 856 g/mol. The number of pyridine rings is 1. The number of ketones is 1. The lowest BCUT2D eigenvalue weighted by Crippen LogP contribution is -2.52. The third kappa shape index (κ3) is 8.29. The Hall–Kier alpha value is -4.51. The fourth-order valence-electron chi connectivity index (χ4n) is 7.80. The molecule has 15 nitrogen and oxygen atoms in total. The highest BCUT2D eigenvalue weighted by molar-refractivity contribution is 9.10. The number of carbonyl (C=O) groups is 4. The van der Waals surface area contributed by atoms with Gasteiger partial charge in [-0.3, -0.25) is 28.6 Å². The van der Waals surface area contributed by atoms with Crippen LogP contribution in [0.15, 0.2) is 47.1 Å². The number of hydrogen-bond acceptors (Lipinski definition) is 11. The van der Waals surface area contributed by atoms with Gasteiger partial charge in [0.2, 0.25) is 27.7 Å². The molecule has 3 amide bonds. The van der Waals surface area contributed by atoms with Gasteiger partial charge in [0, 0.05) is 37.5 Å². The van der Waals surface area contributed by atoms with Gasteiger partial charge in [-0.1, -0.05) is 25.0 Å². The van der Waals surface area contributed by atoms with Crippen molar-refractivity contribution in [1.82, 2.24) is 29.7 Å². The van der Waals surface area contributed by atoms with Crippen LogP contribution < -0.4 is 24.2 Å². The Bertz CT molecular complexity index is 2170. The molecule has 17 heteroatoms. The summed E-state index contributed by atoms with van der Waals surface area (Å²) < 4.78 is 48.1. The van der Waals surface area contributed by atoms with Crippen LogP contribution in [0, 0.1) is 11.3 Å². The van der Waals surface area contributed by atoms with E-state index in [2.05, 4.69) is 36.1 Å². The van der Waals surface area contributed by atoms with Crippen molar-refractivity contribution < 1.29 is 41.8 Å². The number of sulfonamides is 1. The molecule has 1 aromatic carbocycles. The highest BCUT2D eigenvalue weighted by Crippen LogP contribution is 2.57. The molecule has 2 saturated carbocycles. The number of allylic oxidation sites excluding steroid dienone is 2. The summed E-state index contributed by atoms with van der Waals surface area (Å²) in [7, 11) is -0.623. The summed E-state index contributed by atoms with van der Waals surface area (Å²) in [5.41, 5.74) is -0.581. The second-order valence-electron chi connectivity index (χ2n) is 15.1. The quantitative estimate of drug-likeness (QED) is 0.276. The number of nitrogens with one attached hydrogen (secondary N) is 2. The molecule has 300 valence electrons. The molecular formula is C39H47BrN6O9S. The van der Waals surface area contributed by atoms with E-state index in [9.17, 15) is 27.6 Å². The summed E-state index contributed by atoms with van der Waals surface area (Å²) >= 11 is 3.59. The molecule has 5 atom stereocenters. The van der Waals surface area contributed by atoms with Crippen LogP contribution in [0.4, 0.5) is 0 Å². The number of rotatable bonds is 10. The molecule has 56 heavy (non-hydrogen) atoms. The first-order valence-electron chi connectivity index (χ1n) is 19.2. The predicted molar refractivity (Wildman–Crippen MR) is 209 cm³/mol. The number of methoxy groups -OCH3 is 1. The molecule has 0 spiro atoms. The van der Waals surface area contributed by atoms with Gasteiger partial charge in [-0.2, -0.15) is 5.10 Å². The Morgan fingerprint density at radius 2 is 1.89 bits per heavy atom. The zero-order valence-electron chi connectivity index (χ0n) is 31.7. The van der Waals surface area contributed by atoms with Gasteiger partial charge in [0.15, 0.2) is 5.78 Å². The molecule has 1 saturated heterocycles. The molecule has 3 aromatic rings. The molecule has 3 fully saturated rings. The topological polar surface area (TPSA) is 188 Å². The van der Waals surface area contributed by atoms with E-state index in [1.807, 2.05) is 25.1 Å². The van der Waals surface area contributed by atoms with E-state index >= 15 is 0 Å². The molecule has 2 aliphatic carbocycles. The minimum Gasteiger partial charge on any atom is -0.495 e. The number of ether oxygens (including phenoxy) is 3. The number of halogens is 1. The van der Waals surface area contributed by atoms with E-state index in [0.717, 1.165) is 12.8 Å². The summed E-state index contributed by atoms with van der Waals surface area (Å²) in [6.45, 7) is 2.19. The van der Waals surface area contributed by atoms with Gasteiger partial charge < -0.3 is 24.4 Å². The van der Waals surface area contributed by atoms with Crippen LogP contribution in [0.5, 0.6) is 17.4 Å². The third-order valence-corrected chi connectivity index (χ3v) is 13.7. The monoisotopic (exact) mass is 854 g/mol. The summed E-state index contributed by atoms with van der Waals surface area (Å²) in [5.74, 6) is -1.07. The Balaban J connectivity index is 1.22. The standard InChI is InChI=1S/C39H47BrN6O9S/c1-4-54-33-19-32(26-14-15-31(53-3)34(40)35(26)42-33)55-24-18-29-30(47)21-39(38(50)44-56(51,52)25-12-13-25)20-23(39)10-8-6-5-7-9-11-28(37(49)46(29)22-24)41-36(48)27-16-17-45(2)43-27/h8,10,14-17,19,23-25,28-29H,4-7,9,11-13,18,20-22H2,1-3H3,(H,41,48)(H,44,50)/b10-8-/t23-,24-,28+,29+,39-/m1/s1. The largest absolute Gasteiger partial charge is 0.495 e. The number of nitrogens with zero attached hydrogens (tertiary/aromatic N) is 4. The van der Waals surface area contributed by atoms with Crippen molar-refractivity contribution in [3.05, 3.63) is 52.8 Å². The maximum Gasteiger partial charge on any atom is 0.272 e. The fraction of sp³-hybridized carbons (Fsp3) is 0.538. The van der Waals surface area contributed by atoms with Crippen LogP contribution in [0.3, 0.4) is 0 Å². The summed E-state index contributed by atoms with van der Waals surface area (Å²) in [4.78, 5) is 62.6. The number of aryl methyl sites for hydroxylation is 1. The van der Waals surface area contributed by atoms with Crippen LogP contribution in [-0.2, 0) is 31.5 Å². The van der Waals surface area contributed by atoms with Gasteiger partial charge in [0.1, 0.15) is 29.3 Å². The molecule has 0 unspecified atom stereocenters. The maximum absolute atomic E-state index is 14.7. The Morgan fingerprint density at radius 3 is 2.61 bits per heavy atom. The normalized spacial score (nSPS) is 26.3. The molecule has 2 aliphatic heterocycles. The van der Waals surface area contributed by atoms with Crippen molar-refractivity contribution in [2.75, 3.05) is 20.3 Å². The molecule has 4 aliphatic rings. The first-order valence-corrected chi connectivity index (χ1v) is 21.5. The SMILES string of the molecule is CCOc1cc(O[C@@H]2C[C@H]3C(=O)C[C@]4(C(=O)NS(=O)(=O)C5CC5)C[C@H]4/C=C\CCCCC[C@H](NC(=O)c4ccn(C)n4)C(=O)N3C2)c2ccc(OC)c(Br)c2n1. The second-order valence-corrected chi connectivity index (χ2v) is 17.9. The van der Waals surface area contributed by atoms with Crippen molar-refractivity contribution in [1.29, 1.82) is 0 Å². The number of carbonyl (C=O) groups excluding carboxylic acids is 4. The van der Waals surface area contributed by atoms with Gasteiger partial charge in [-0.25, -0.2) is 13.4 Å². The smallest absolute Gasteiger partial charge is 0.272 e. The predicted octanol–water partition coefficient (Wildman–Crippen LogP) is 4.38. The number of benzene rings is 1. The molecule has 0 bridgehead atoms. The van der Waals surface area contributed by atoms with Crippen molar-refractivity contribution >= 4 is 60.4 Å². The molecule has 0 radical (unpaired) electrons. The van der Waals surface area contributed by atoms with E-state index in [0.29, 0.717) is 77.9 Å². The second kappa shape index (κ2) is 16.2. The summed E-state index contributed by atoms with van der Waals surface area (Å²) in [6.07, 6.45) is 9.24. The molecule has 4 heterocycles. The van der Waals surface area contributed by atoms with Gasteiger partial charge in [-0.05, 0) is 85.5 Å². The Kier molecular flexibility index (Phi) is 11.5. The average Bonchev–Trinajstić information content (AvgIpc) is 4.05. The number of amides is 3. The van der Waals surface area contributed by atoms with Crippen LogP contribution in [-0.4, -0.2) is 95.3 Å². The maximum atomic E-state index is 14.7. The lowest BCUT2D eigenvalue weighted by atomic mass is 9.91. The van der Waals surface area contributed by atoms with E-state index < -0.39 is 56.6 Å². The van der Waals surface area contributed by atoms with Gasteiger partial charge in [-0.15, -0.1) is 0 Å². The zero-order chi connectivity index (χ0) is 39.8. The summed E-state index contributed by atoms with van der Waals surface area (Å²) in [6, 6.07) is 4.83. The Labute approximate surface area is 334 Å². The van der Waals surface area contributed by atoms with Gasteiger partial charge in [0.05, 0.1) is 47.0 Å². The number of fused-ring (bicyclic) bond motifs is 3. The highest BCUT2D eigenvalue weighted by Gasteiger charge is 2.61. The van der Waals surface area contributed by atoms with E-state index in [1.165, 1.54) is 9.58 Å². The van der Waals surface area contributed by atoms with E-state index in [1.54, 1.807) is 38.6 Å². The van der Waals surface area contributed by atoms with Gasteiger partial charge >= 0.3 is 0 Å². The van der Waals surface area contributed by atoms with Crippen LogP contribution in [0.2, 0.25) is 0 Å². The van der Waals surface area contributed by atoms with Gasteiger partial charge in [0.25, 0.3) is 5.91 Å². The van der Waals surface area contributed by atoms with Crippen molar-refractivity contribution in [2.45, 2.75) is 94.6 Å². The lowest BCUT2D eigenvalue weighted by Gasteiger charge is -2.29. The molecular weight excluding hydrogens is 808 g/mol. The zero-order valence-corrected chi connectivity index (χ0v) is 34.1. The number of Topliss-reactive ketones (excluding diaryl/α,β-unsaturated/α-hetero) is 1. The highest BCUT2D eigenvalue weighted by atomic mass is 79.9. The first-order chi connectivity index (χ1) is 26.8. The van der Waals surface area contributed by atoms with Crippen molar-refractivity contribution in [2.24, 2.45) is 18.4 Å². The van der Waals surface area contributed by atoms with Crippen molar-refractivity contribution in [3.8, 4) is 17.4 Å². The number of hydrogen-bond donors (Lipinski definition) is 2. The fourth-order valence-corrected chi connectivity index (χ4v) is 9.78. The summed E-state index contributed by atoms with van der Waals surface area (Å²) in [5, 5.41) is 7.12. The lowest BCUT2D eigenvalue weighted by molar-refractivity contribution is -0.140. The molecule has 2 N–H and O–H groups in total. The minimum atomic E-state index is -3.87. The molecule has 2 aromatic heterocycles. The van der Waals surface area contributed by atoms with Crippen LogP contribution in [0.25, 0.3) is 10.9 Å². The number of aromatic nitrogens is 3. The third-order valence-electron chi connectivity index (χ3n) is 11.1. The first kappa shape index (κ1) is 39.7. The Morgan fingerprint density at radius 1 is 1.09 bits per heavy atom. The van der Waals surface area contributed by atoms with Crippen LogP contribution >= 0.6 is 15.9 Å². The van der Waals surface area contributed by atoms with E-state index in [-0.39, 0.29) is 36.8 Å². The minimum absolute atomic E-state index is 0.00882. The van der Waals surface area contributed by atoms with Crippen LogP contribution in [0.1, 0.15) is 81.6 Å². The molecule has 7 rings (SSSR count). The van der Waals surface area contributed by atoms with E-state index in [4.69, 9.17) is 14.2 Å². The van der Waals surface area contributed by atoms with Crippen molar-refractivity contribution in [3.63, 3.8) is 0 Å².